The molecule has 3 aliphatic heterocycles. The number of ether oxygens (including phenoxy) is 3. The predicted octanol–water partition coefficient (Wildman–Crippen LogP) is 4.06. The van der Waals surface area contributed by atoms with Crippen LogP contribution in [0.25, 0.3) is 0 Å². The fourth-order valence-electron chi connectivity index (χ4n) is 7.09. The molecular weight excluding hydrogens is 662 g/mol. The number of piperidine rings is 1. The predicted molar refractivity (Wildman–Crippen MR) is 177 cm³/mol. The minimum Gasteiger partial charge on any atom is -0.497 e. The number of nitrogens with zero attached hydrogens (tertiary/aromatic N) is 4. The van der Waals surface area contributed by atoms with Crippen molar-refractivity contribution in [2.45, 2.75) is 47.3 Å². The SMILES string of the molecule is COc1ccc(S(=O)(=O)OC(=O)N2CC(Cl)N(C3CCN(C)CC3)C(c3cccnc3OC)C2C2C(=O)Nc3ccccc32)c(OC)c1. The van der Waals surface area contributed by atoms with Crippen molar-refractivity contribution in [3.63, 3.8) is 0 Å². The van der Waals surface area contributed by atoms with Crippen LogP contribution in [0.4, 0.5) is 10.5 Å². The van der Waals surface area contributed by atoms with Crippen LogP contribution < -0.4 is 19.5 Å². The van der Waals surface area contributed by atoms with Gasteiger partial charge in [-0.3, -0.25) is 14.6 Å². The fourth-order valence-corrected chi connectivity index (χ4v) is 8.52. The smallest absolute Gasteiger partial charge is 0.426 e. The van der Waals surface area contributed by atoms with Gasteiger partial charge < -0.3 is 28.6 Å². The second-order valence-corrected chi connectivity index (χ2v) is 14.0. The molecule has 1 aromatic heterocycles. The first kappa shape index (κ1) is 33.8. The Morgan fingerprint density at radius 3 is 2.42 bits per heavy atom. The van der Waals surface area contributed by atoms with E-state index in [4.69, 9.17) is 30.0 Å². The third-order valence-corrected chi connectivity index (χ3v) is 10.9. The van der Waals surface area contributed by atoms with Gasteiger partial charge in [-0.15, -0.1) is 11.6 Å². The number of methoxy groups -OCH3 is 3. The van der Waals surface area contributed by atoms with Gasteiger partial charge in [0.1, 0.15) is 21.9 Å². The summed E-state index contributed by atoms with van der Waals surface area (Å²) in [4.78, 5) is 38.0. The first-order chi connectivity index (χ1) is 23.1. The van der Waals surface area contributed by atoms with Crippen molar-refractivity contribution < 1.29 is 36.4 Å². The molecule has 48 heavy (non-hydrogen) atoms. The Morgan fingerprint density at radius 1 is 0.979 bits per heavy atom. The molecule has 0 spiro atoms. The summed E-state index contributed by atoms with van der Waals surface area (Å²) in [5.74, 6) is -0.677. The highest BCUT2D eigenvalue weighted by Crippen LogP contribution is 2.49. The molecule has 3 aliphatic rings. The molecule has 2 amide bonds. The van der Waals surface area contributed by atoms with E-state index in [-0.39, 0.29) is 29.1 Å². The number of carbonyl (C=O) groups is 2. The van der Waals surface area contributed by atoms with Crippen LogP contribution in [0.15, 0.2) is 65.7 Å². The molecule has 2 saturated heterocycles. The minimum atomic E-state index is -4.72. The van der Waals surface area contributed by atoms with Gasteiger partial charge in [-0.1, -0.05) is 24.3 Å². The van der Waals surface area contributed by atoms with Crippen molar-refractivity contribution >= 4 is 39.4 Å². The number of halogens is 1. The van der Waals surface area contributed by atoms with Crippen molar-refractivity contribution in [1.29, 1.82) is 0 Å². The van der Waals surface area contributed by atoms with Crippen LogP contribution in [0.3, 0.4) is 0 Å². The molecule has 256 valence electrons. The quantitative estimate of drug-likeness (QED) is 0.207. The van der Waals surface area contributed by atoms with Gasteiger partial charge in [0.2, 0.25) is 11.8 Å². The Bertz CT molecular complexity index is 1790. The summed E-state index contributed by atoms with van der Waals surface area (Å²) in [6.45, 7) is 1.53. The van der Waals surface area contributed by atoms with Crippen LogP contribution in [-0.2, 0) is 19.1 Å². The van der Waals surface area contributed by atoms with Gasteiger partial charge >= 0.3 is 16.2 Å². The topological polar surface area (TPSA) is 140 Å². The number of rotatable bonds is 8. The summed E-state index contributed by atoms with van der Waals surface area (Å²) >= 11 is 7.23. The van der Waals surface area contributed by atoms with E-state index in [1.165, 1.54) is 44.4 Å². The lowest BCUT2D eigenvalue weighted by atomic mass is 9.80. The van der Waals surface area contributed by atoms with E-state index in [9.17, 15) is 18.0 Å². The van der Waals surface area contributed by atoms with Gasteiger partial charge in [-0.05, 0) is 62.8 Å². The summed E-state index contributed by atoms with van der Waals surface area (Å²) in [5, 5.41) is 2.95. The number of aromatic nitrogens is 1. The van der Waals surface area contributed by atoms with Crippen molar-refractivity contribution in [3.05, 3.63) is 71.9 Å². The van der Waals surface area contributed by atoms with Crippen LogP contribution in [0.2, 0.25) is 0 Å². The average molecular weight is 700 g/mol. The maximum Gasteiger partial charge on any atom is 0.426 e. The van der Waals surface area contributed by atoms with E-state index in [0.717, 1.165) is 25.9 Å². The number of fused-ring (bicyclic) bond motifs is 1. The summed E-state index contributed by atoms with van der Waals surface area (Å²) in [5.41, 5.74) is 1.08. The Labute approximate surface area is 284 Å². The summed E-state index contributed by atoms with van der Waals surface area (Å²) in [6, 6.07) is 13.1. The number of anilines is 1. The summed E-state index contributed by atoms with van der Waals surface area (Å²) < 4.78 is 48.9. The van der Waals surface area contributed by atoms with E-state index < -0.39 is 39.7 Å². The second-order valence-electron chi connectivity index (χ2n) is 12.0. The lowest BCUT2D eigenvalue weighted by Crippen LogP contribution is -2.65. The molecule has 6 rings (SSSR count). The fraction of sp³-hybridized carbons (Fsp3) is 0.424. The van der Waals surface area contributed by atoms with Crippen LogP contribution in [0, 0.1) is 0 Å². The Balaban J connectivity index is 1.49. The standard InChI is InChI=1S/C33H38ClN5O8S/c1-37-16-13-20(14-17-37)39-27(34)19-38(33(41)47-48(42,43)26-12-11-21(44-2)18-25(26)45-3)30(29(39)23-9-7-15-35-32(23)46-4)28-22-8-5-6-10-24(22)36-31(28)40/h5-12,15,18,20,27-30H,13-14,16-17,19H2,1-4H3,(H,36,40). The Kier molecular flexibility index (Phi) is 9.70. The molecule has 15 heteroatoms. The molecule has 0 saturated carbocycles. The molecule has 4 unspecified atom stereocenters. The molecule has 1 N–H and O–H groups in total. The highest BCUT2D eigenvalue weighted by molar-refractivity contribution is 7.87. The number of alkyl halides is 1. The number of amides is 2. The number of hydrogen-bond acceptors (Lipinski definition) is 11. The largest absolute Gasteiger partial charge is 0.497 e. The number of likely N-dealkylation sites (tertiary alicyclic amines) is 1. The molecule has 13 nitrogen and oxygen atoms in total. The molecule has 0 aliphatic carbocycles. The zero-order valence-corrected chi connectivity index (χ0v) is 28.6. The van der Waals surface area contributed by atoms with Gasteiger partial charge in [0, 0.05) is 29.6 Å². The number of hydrogen-bond donors (Lipinski definition) is 1. The Hall–Kier alpha value is -4.11. The Morgan fingerprint density at radius 2 is 1.71 bits per heavy atom. The van der Waals surface area contributed by atoms with E-state index in [2.05, 4.69) is 27.1 Å². The van der Waals surface area contributed by atoms with Crippen LogP contribution in [0.5, 0.6) is 17.4 Å². The first-order valence-electron chi connectivity index (χ1n) is 15.5. The lowest BCUT2D eigenvalue weighted by Gasteiger charge is -2.54. The maximum atomic E-state index is 14.3. The molecule has 4 atom stereocenters. The average Bonchev–Trinajstić information content (AvgIpc) is 3.42. The number of carbonyl (C=O) groups excluding carboxylic acids is 2. The van der Waals surface area contributed by atoms with Gasteiger partial charge in [0.05, 0.1) is 45.9 Å². The third-order valence-electron chi connectivity index (χ3n) is 9.33. The third kappa shape index (κ3) is 6.25. The van der Waals surface area contributed by atoms with E-state index >= 15 is 0 Å². The molecule has 2 aromatic carbocycles. The normalized spacial score (nSPS) is 23.7. The van der Waals surface area contributed by atoms with Gasteiger partial charge in [-0.25, -0.2) is 9.78 Å². The van der Waals surface area contributed by atoms with Crippen molar-refractivity contribution in [2.24, 2.45) is 0 Å². The van der Waals surface area contributed by atoms with Crippen LogP contribution >= 0.6 is 11.6 Å². The number of para-hydroxylation sites is 1. The molecule has 2 fully saturated rings. The first-order valence-corrected chi connectivity index (χ1v) is 17.4. The molecule has 0 bridgehead atoms. The number of piperazine rings is 1. The van der Waals surface area contributed by atoms with Crippen molar-refractivity contribution in [2.75, 3.05) is 53.3 Å². The zero-order valence-electron chi connectivity index (χ0n) is 27.0. The second kappa shape index (κ2) is 13.8. The van der Waals surface area contributed by atoms with Crippen LogP contribution in [-0.4, -0.2) is 106 Å². The summed E-state index contributed by atoms with van der Waals surface area (Å²) in [6.07, 6.45) is 1.98. The maximum absolute atomic E-state index is 14.3. The number of nitrogens with one attached hydrogen (secondary N) is 1. The van der Waals surface area contributed by atoms with Gasteiger partial charge in [-0.2, -0.15) is 8.42 Å². The number of benzene rings is 2. The van der Waals surface area contributed by atoms with Crippen LogP contribution in [0.1, 0.15) is 35.9 Å². The monoisotopic (exact) mass is 699 g/mol. The van der Waals surface area contributed by atoms with E-state index in [0.29, 0.717) is 28.4 Å². The van der Waals surface area contributed by atoms with Crippen molar-refractivity contribution in [3.8, 4) is 17.4 Å². The highest BCUT2D eigenvalue weighted by atomic mass is 35.5. The van der Waals surface area contributed by atoms with E-state index in [1.807, 2.05) is 24.3 Å². The molecule has 0 radical (unpaired) electrons. The van der Waals surface area contributed by atoms with Gasteiger partial charge in [0.15, 0.2) is 0 Å². The van der Waals surface area contributed by atoms with Gasteiger partial charge in [0.25, 0.3) is 0 Å². The highest BCUT2D eigenvalue weighted by Gasteiger charge is 2.55. The molecule has 4 heterocycles. The van der Waals surface area contributed by atoms with Crippen molar-refractivity contribution in [1.82, 2.24) is 19.7 Å². The molecular formula is C33H38ClN5O8S. The molecule has 3 aromatic rings. The number of pyridine rings is 1. The lowest BCUT2D eigenvalue weighted by molar-refractivity contribution is -0.120. The minimum absolute atomic E-state index is 0.0220. The zero-order chi connectivity index (χ0) is 34.2. The van der Waals surface area contributed by atoms with E-state index in [1.54, 1.807) is 18.3 Å². The summed E-state index contributed by atoms with van der Waals surface area (Å²) in [7, 11) is 1.57.